The fourth-order valence-corrected chi connectivity index (χ4v) is 1.39. The Bertz CT molecular complexity index is 272. The van der Waals surface area contributed by atoms with Crippen LogP contribution in [0.1, 0.15) is 12.5 Å². The number of hydrogen-bond donors (Lipinski definition) is 1. The molecular formula is C13H21NO2. The second-order valence-corrected chi connectivity index (χ2v) is 3.59. The molecular weight excluding hydrogens is 202 g/mol. The molecule has 16 heavy (non-hydrogen) atoms. The number of methoxy groups -OCH3 is 1. The summed E-state index contributed by atoms with van der Waals surface area (Å²) in [6.07, 6.45) is 0.953. The van der Waals surface area contributed by atoms with E-state index in [9.17, 15) is 0 Å². The van der Waals surface area contributed by atoms with Gasteiger partial charge in [-0.2, -0.15) is 0 Å². The van der Waals surface area contributed by atoms with Gasteiger partial charge in [-0.25, -0.2) is 0 Å². The molecule has 0 fully saturated rings. The van der Waals surface area contributed by atoms with Gasteiger partial charge >= 0.3 is 0 Å². The number of ether oxygens (including phenoxy) is 2. The van der Waals surface area contributed by atoms with Crippen LogP contribution in [0, 0.1) is 0 Å². The lowest BCUT2D eigenvalue weighted by Crippen LogP contribution is -2.20. The highest BCUT2D eigenvalue weighted by Gasteiger charge is 1.95. The van der Waals surface area contributed by atoms with Gasteiger partial charge in [-0.15, -0.1) is 0 Å². The van der Waals surface area contributed by atoms with Crippen molar-refractivity contribution in [3.05, 3.63) is 29.8 Å². The highest BCUT2D eigenvalue weighted by Crippen LogP contribution is 2.12. The monoisotopic (exact) mass is 223 g/mol. The summed E-state index contributed by atoms with van der Waals surface area (Å²) >= 11 is 0. The third kappa shape index (κ3) is 5.14. The second kappa shape index (κ2) is 8.13. The molecule has 1 N–H and O–H groups in total. The van der Waals surface area contributed by atoms with Crippen LogP contribution in [0.3, 0.4) is 0 Å². The first kappa shape index (κ1) is 13.0. The molecule has 0 heterocycles. The van der Waals surface area contributed by atoms with E-state index in [1.807, 2.05) is 12.1 Å². The van der Waals surface area contributed by atoms with Crippen LogP contribution in [-0.4, -0.2) is 33.4 Å². The van der Waals surface area contributed by atoms with Gasteiger partial charge in [0.2, 0.25) is 0 Å². The van der Waals surface area contributed by atoms with Crippen molar-refractivity contribution in [2.24, 2.45) is 0 Å². The SMILES string of the molecule is CCNCCOc1ccc(CCOC)cc1. The Kier molecular flexibility index (Phi) is 6.61. The number of benzene rings is 1. The van der Waals surface area contributed by atoms with Crippen LogP contribution in [0.15, 0.2) is 24.3 Å². The smallest absolute Gasteiger partial charge is 0.119 e. The maximum Gasteiger partial charge on any atom is 0.119 e. The second-order valence-electron chi connectivity index (χ2n) is 3.59. The average molecular weight is 223 g/mol. The Morgan fingerprint density at radius 2 is 1.88 bits per heavy atom. The van der Waals surface area contributed by atoms with Gasteiger partial charge in [0.15, 0.2) is 0 Å². The third-order valence-electron chi connectivity index (χ3n) is 2.32. The van der Waals surface area contributed by atoms with Crippen LogP contribution in [0.5, 0.6) is 5.75 Å². The zero-order chi connectivity index (χ0) is 11.6. The highest BCUT2D eigenvalue weighted by atomic mass is 16.5. The molecule has 3 heteroatoms. The van der Waals surface area contributed by atoms with Crippen molar-refractivity contribution in [2.45, 2.75) is 13.3 Å². The molecule has 0 saturated heterocycles. The van der Waals surface area contributed by atoms with E-state index in [1.54, 1.807) is 7.11 Å². The predicted molar refractivity (Wildman–Crippen MR) is 66.1 cm³/mol. The normalized spacial score (nSPS) is 10.4. The van der Waals surface area contributed by atoms with E-state index < -0.39 is 0 Å². The van der Waals surface area contributed by atoms with E-state index in [4.69, 9.17) is 9.47 Å². The summed E-state index contributed by atoms with van der Waals surface area (Å²) in [5, 5.41) is 3.22. The molecule has 0 aliphatic rings. The Balaban J connectivity index is 2.27. The van der Waals surface area contributed by atoms with Crippen molar-refractivity contribution in [2.75, 3.05) is 33.4 Å². The quantitative estimate of drug-likeness (QED) is 0.682. The number of likely N-dealkylation sites (N-methyl/N-ethyl adjacent to an activating group) is 1. The van der Waals surface area contributed by atoms with Gasteiger partial charge in [-0.05, 0) is 30.7 Å². The maximum absolute atomic E-state index is 5.57. The van der Waals surface area contributed by atoms with Gasteiger partial charge in [0.05, 0.1) is 6.61 Å². The molecule has 1 aromatic rings. The lowest BCUT2D eigenvalue weighted by Gasteiger charge is -2.07. The van der Waals surface area contributed by atoms with Crippen LogP contribution in [0.2, 0.25) is 0 Å². The fourth-order valence-electron chi connectivity index (χ4n) is 1.39. The van der Waals surface area contributed by atoms with Gasteiger partial charge in [0, 0.05) is 13.7 Å². The molecule has 1 rings (SSSR count). The molecule has 3 nitrogen and oxygen atoms in total. The van der Waals surface area contributed by atoms with Crippen LogP contribution < -0.4 is 10.1 Å². The van der Waals surface area contributed by atoms with Gasteiger partial charge in [0.1, 0.15) is 12.4 Å². The molecule has 0 saturated carbocycles. The van der Waals surface area contributed by atoms with E-state index in [0.717, 1.165) is 31.9 Å². The lowest BCUT2D eigenvalue weighted by molar-refractivity contribution is 0.202. The maximum atomic E-state index is 5.57. The van der Waals surface area contributed by atoms with E-state index in [2.05, 4.69) is 24.4 Å². The Labute approximate surface area is 97.8 Å². The zero-order valence-electron chi connectivity index (χ0n) is 10.2. The Hall–Kier alpha value is -1.06. The van der Waals surface area contributed by atoms with Crippen molar-refractivity contribution >= 4 is 0 Å². The van der Waals surface area contributed by atoms with Crippen molar-refractivity contribution in [3.8, 4) is 5.75 Å². The first-order chi connectivity index (χ1) is 7.86. The van der Waals surface area contributed by atoms with Crippen LogP contribution >= 0.6 is 0 Å². The van der Waals surface area contributed by atoms with Crippen LogP contribution in [0.4, 0.5) is 0 Å². The molecule has 0 atom stereocenters. The molecule has 0 radical (unpaired) electrons. The largest absolute Gasteiger partial charge is 0.492 e. The van der Waals surface area contributed by atoms with Crippen molar-refractivity contribution in [3.63, 3.8) is 0 Å². The summed E-state index contributed by atoms with van der Waals surface area (Å²) in [6, 6.07) is 8.19. The minimum Gasteiger partial charge on any atom is -0.492 e. The topological polar surface area (TPSA) is 30.5 Å². The highest BCUT2D eigenvalue weighted by molar-refractivity contribution is 5.27. The van der Waals surface area contributed by atoms with E-state index in [1.165, 1.54) is 5.56 Å². The summed E-state index contributed by atoms with van der Waals surface area (Å²) in [7, 11) is 1.72. The van der Waals surface area contributed by atoms with Crippen molar-refractivity contribution in [1.82, 2.24) is 5.32 Å². The van der Waals surface area contributed by atoms with Gasteiger partial charge in [-0.3, -0.25) is 0 Å². The van der Waals surface area contributed by atoms with Gasteiger partial charge < -0.3 is 14.8 Å². The zero-order valence-corrected chi connectivity index (χ0v) is 10.2. The molecule has 0 aromatic heterocycles. The average Bonchev–Trinajstić information content (AvgIpc) is 2.33. The molecule has 0 amide bonds. The molecule has 0 unspecified atom stereocenters. The summed E-state index contributed by atoms with van der Waals surface area (Å²) in [4.78, 5) is 0. The Morgan fingerprint density at radius 3 is 2.50 bits per heavy atom. The minimum atomic E-state index is 0.714. The number of hydrogen-bond acceptors (Lipinski definition) is 3. The van der Waals surface area contributed by atoms with Gasteiger partial charge in [-0.1, -0.05) is 19.1 Å². The first-order valence-electron chi connectivity index (χ1n) is 5.78. The fraction of sp³-hybridized carbons (Fsp3) is 0.538. The molecule has 0 spiro atoms. The summed E-state index contributed by atoms with van der Waals surface area (Å²) < 4.78 is 10.6. The molecule has 0 bridgehead atoms. The van der Waals surface area contributed by atoms with Crippen molar-refractivity contribution in [1.29, 1.82) is 0 Å². The molecule has 90 valence electrons. The van der Waals surface area contributed by atoms with E-state index in [0.29, 0.717) is 6.61 Å². The minimum absolute atomic E-state index is 0.714. The van der Waals surface area contributed by atoms with E-state index in [-0.39, 0.29) is 0 Å². The van der Waals surface area contributed by atoms with E-state index >= 15 is 0 Å². The van der Waals surface area contributed by atoms with Gasteiger partial charge in [0.25, 0.3) is 0 Å². The van der Waals surface area contributed by atoms with Crippen LogP contribution in [0.25, 0.3) is 0 Å². The first-order valence-corrected chi connectivity index (χ1v) is 5.78. The number of rotatable bonds is 8. The Morgan fingerprint density at radius 1 is 1.12 bits per heavy atom. The third-order valence-corrected chi connectivity index (χ3v) is 2.32. The standard InChI is InChI=1S/C13H21NO2/c1-3-14-9-11-16-13-6-4-12(5-7-13)8-10-15-2/h4-7,14H,3,8-11H2,1-2H3. The van der Waals surface area contributed by atoms with Crippen LogP contribution in [-0.2, 0) is 11.2 Å². The molecule has 0 aliphatic carbocycles. The summed E-state index contributed by atoms with van der Waals surface area (Å²) in [5.74, 6) is 0.930. The number of nitrogens with one attached hydrogen (secondary N) is 1. The lowest BCUT2D eigenvalue weighted by atomic mass is 10.1. The summed E-state index contributed by atoms with van der Waals surface area (Å²) in [5.41, 5.74) is 1.28. The molecule has 1 aromatic carbocycles. The molecule has 0 aliphatic heterocycles. The van der Waals surface area contributed by atoms with Crippen molar-refractivity contribution < 1.29 is 9.47 Å². The predicted octanol–water partition coefficient (Wildman–Crippen LogP) is 1.86. The summed E-state index contributed by atoms with van der Waals surface area (Å²) in [6.45, 7) is 5.44.